The van der Waals surface area contributed by atoms with Crippen LogP contribution in [0.25, 0.3) is 0 Å². The number of nitrogens with one attached hydrogen (secondary N) is 1. The minimum atomic E-state index is 0.444. The molecule has 0 unspecified atom stereocenters. The van der Waals surface area contributed by atoms with E-state index in [0.717, 1.165) is 34.4 Å². The minimum absolute atomic E-state index is 0.444. The molecule has 0 saturated heterocycles. The average molecular weight is 352 g/mol. The number of hydrogen-bond donors (Lipinski definition) is 1. The lowest BCUT2D eigenvalue weighted by molar-refractivity contribution is 0.301. The van der Waals surface area contributed by atoms with Crippen molar-refractivity contribution in [3.63, 3.8) is 0 Å². The maximum Gasteiger partial charge on any atom is 0.124 e. The molecular weight excluding hydrogens is 330 g/mol. The second kappa shape index (κ2) is 7.61. The molecule has 114 valence electrons. The third-order valence-electron chi connectivity index (χ3n) is 3.13. The Morgan fingerprint density at radius 1 is 1.38 bits per heavy atom. The fraction of sp³-hybridized carbons (Fsp3) is 0.438. The van der Waals surface area contributed by atoms with E-state index in [1.54, 1.807) is 0 Å². The van der Waals surface area contributed by atoms with Gasteiger partial charge in [0.1, 0.15) is 12.4 Å². The summed E-state index contributed by atoms with van der Waals surface area (Å²) in [6, 6.07) is 6.55. The predicted octanol–water partition coefficient (Wildman–Crippen LogP) is 3.74. The highest BCUT2D eigenvalue weighted by atomic mass is 79.9. The smallest absolute Gasteiger partial charge is 0.124 e. The second-order valence-electron chi connectivity index (χ2n) is 5.28. The Labute approximate surface area is 134 Å². The van der Waals surface area contributed by atoms with E-state index >= 15 is 0 Å². The summed E-state index contributed by atoms with van der Waals surface area (Å²) in [6.07, 6.45) is 3.87. The fourth-order valence-electron chi connectivity index (χ4n) is 1.96. The number of rotatable bonds is 7. The third-order valence-corrected chi connectivity index (χ3v) is 3.62. The molecule has 21 heavy (non-hydrogen) atoms. The van der Waals surface area contributed by atoms with Gasteiger partial charge in [-0.2, -0.15) is 5.10 Å². The number of nitrogens with zero attached hydrogens (tertiary/aromatic N) is 2. The molecule has 0 radical (unpaired) electrons. The summed E-state index contributed by atoms with van der Waals surface area (Å²) in [4.78, 5) is 0. The Bertz CT molecular complexity index is 581. The van der Waals surface area contributed by atoms with Crippen molar-refractivity contribution in [3.8, 4) is 5.75 Å². The normalized spacial score (nSPS) is 11.1. The molecule has 0 aliphatic carbocycles. The van der Waals surface area contributed by atoms with Gasteiger partial charge in [0.15, 0.2) is 0 Å². The lowest BCUT2D eigenvalue weighted by Gasteiger charge is -2.14. The highest BCUT2D eigenvalue weighted by Crippen LogP contribution is 2.24. The standard InChI is InChI=1S/C16H22BrN3O/c1-4-20-10-13(8-19-20)11-21-16-6-5-15(17)7-14(16)9-18-12(2)3/h5-8,10,12,18H,4,9,11H2,1-3H3. The molecule has 0 aliphatic rings. The van der Waals surface area contributed by atoms with Crippen molar-refractivity contribution >= 4 is 15.9 Å². The van der Waals surface area contributed by atoms with Crippen LogP contribution in [-0.2, 0) is 19.7 Å². The van der Waals surface area contributed by atoms with Crippen molar-refractivity contribution in [1.29, 1.82) is 0 Å². The van der Waals surface area contributed by atoms with E-state index in [0.29, 0.717) is 12.6 Å². The van der Waals surface area contributed by atoms with Crippen LogP contribution in [0.2, 0.25) is 0 Å². The third kappa shape index (κ3) is 4.86. The number of aryl methyl sites for hydroxylation is 1. The Kier molecular flexibility index (Phi) is 5.82. The number of halogens is 1. The predicted molar refractivity (Wildman–Crippen MR) is 88.4 cm³/mol. The molecule has 0 saturated carbocycles. The molecule has 0 aliphatic heterocycles. The molecule has 1 aromatic carbocycles. The summed E-state index contributed by atoms with van der Waals surface area (Å²) < 4.78 is 8.92. The maximum atomic E-state index is 5.95. The molecule has 0 bridgehead atoms. The number of aromatic nitrogens is 2. The minimum Gasteiger partial charge on any atom is -0.488 e. The Hall–Kier alpha value is -1.33. The van der Waals surface area contributed by atoms with Crippen molar-refractivity contribution in [2.24, 2.45) is 0 Å². The zero-order chi connectivity index (χ0) is 15.2. The van der Waals surface area contributed by atoms with Gasteiger partial charge < -0.3 is 10.1 Å². The zero-order valence-corrected chi connectivity index (χ0v) is 14.4. The SMILES string of the molecule is CCn1cc(COc2ccc(Br)cc2CNC(C)C)cn1. The summed E-state index contributed by atoms with van der Waals surface area (Å²) in [7, 11) is 0. The highest BCUT2D eigenvalue weighted by molar-refractivity contribution is 9.10. The molecule has 0 fully saturated rings. The van der Waals surface area contributed by atoms with Gasteiger partial charge in [-0.15, -0.1) is 0 Å². The molecule has 0 atom stereocenters. The van der Waals surface area contributed by atoms with Gasteiger partial charge in [-0.25, -0.2) is 0 Å². The van der Waals surface area contributed by atoms with Crippen LogP contribution >= 0.6 is 15.9 Å². The van der Waals surface area contributed by atoms with Gasteiger partial charge in [0, 0.05) is 40.9 Å². The molecule has 1 N–H and O–H groups in total. The van der Waals surface area contributed by atoms with Gasteiger partial charge in [0.25, 0.3) is 0 Å². The van der Waals surface area contributed by atoms with Crippen molar-refractivity contribution in [1.82, 2.24) is 15.1 Å². The Balaban J connectivity index is 2.04. The largest absolute Gasteiger partial charge is 0.488 e. The van der Waals surface area contributed by atoms with Gasteiger partial charge in [-0.05, 0) is 25.1 Å². The van der Waals surface area contributed by atoms with Crippen LogP contribution < -0.4 is 10.1 Å². The number of hydrogen-bond acceptors (Lipinski definition) is 3. The highest BCUT2D eigenvalue weighted by Gasteiger charge is 2.07. The number of ether oxygens (including phenoxy) is 1. The first-order chi connectivity index (χ1) is 10.1. The van der Waals surface area contributed by atoms with Crippen LogP contribution in [0.1, 0.15) is 31.9 Å². The quantitative estimate of drug-likeness (QED) is 0.825. The number of benzene rings is 1. The molecular formula is C16H22BrN3O. The van der Waals surface area contributed by atoms with Crippen molar-refractivity contribution in [2.45, 2.75) is 46.5 Å². The topological polar surface area (TPSA) is 39.1 Å². The lowest BCUT2D eigenvalue weighted by atomic mass is 10.2. The van der Waals surface area contributed by atoms with Gasteiger partial charge in [-0.3, -0.25) is 4.68 Å². The molecule has 5 heteroatoms. The molecule has 2 rings (SSSR count). The molecule has 4 nitrogen and oxygen atoms in total. The lowest BCUT2D eigenvalue weighted by Crippen LogP contribution is -2.22. The summed E-state index contributed by atoms with van der Waals surface area (Å²) in [5.74, 6) is 0.913. The zero-order valence-electron chi connectivity index (χ0n) is 12.8. The van der Waals surface area contributed by atoms with E-state index in [4.69, 9.17) is 4.74 Å². The van der Waals surface area contributed by atoms with E-state index in [-0.39, 0.29) is 0 Å². The molecule has 0 spiro atoms. The van der Waals surface area contributed by atoms with E-state index in [2.05, 4.69) is 53.2 Å². The molecule has 2 aromatic rings. The van der Waals surface area contributed by atoms with Gasteiger partial charge in [0.05, 0.1) is 6.20 Å². The summed E-state index contributed by atoms with van der Waals surface area (Å²) >= 11 is 3.52. The average Bonchev–Trinajstić information content (AvgIpc) is 2.92. The van der Waals surface area contributed by atoms with Gasteiger partial charge in [-0.1, -0.05) is 29.8 Å². The van der Waals surface area contributed by atoms with Crippen LogP contribution in [0.4, 0.5) is 0 Å². The van der Waals surface area contributed by atoms with E-state index in [9.17, 15) is 0 Å². The Morgan fingerprint density at radius 2 is 2.19 bits per heavy atom. The van der Waals surface area contributed by atoms with Gasteiger partial charge in [0.2, 0.25) is 0 Å². The van der Waals surface area contributed by atoms with E-state index < -0.39 is 0 Å². The summed E-state index contributed by atoms with van der Waals surface area (Å²) in [6.45, 7) is 8.55. The fourth-order valence-corrected chi connectivity index (χ4v) is 2.36. The monoisotopic (exact) mass is 351 g/mol. The van der Waals surface area contributed by atoms with Crippen molar-refractivity contribution < 1.29 is 4.74 Å². The van der Waals surface area contributed by atoms with Crippen LogP contribution in [0.5, 0.6) is 5.75 Å². The first kappa shape index (κ1) is 16.0. The van der Waals surface area contributed by atoms with Crippen LogP contribution in [0, 0.1) is 0 Å². The summed E-state index contributed by atoms with van der Waals surface area (Å²) in [5.41, 5.74) is 2.24. The molecule has 1 aromatic heterocycles. The second-order valence-corrected chi connectivity index (χ2v) is 6.20. The molecule has 1 heterocycles. The maximum absolute atomic E-state index is 5.95. The van der Waals surface area contributed by atoms with E-state index in [1.807, 2.05) is 29.2 Å². The van der Waals surface area contributed by atoms with Crippen molar-refractivity contribution in [3.05, 3.63) is 46.2 Å². The molecule has 0 amide bonds. The van der Waals surface area contributed by atoms with Gasteiger partial charge >= 0.3 is 0 Å². The first-order valence-electron chi connectivity index (χ1n) is 7.24. The van der Waals surface area contributed by atoms with Crippen LogP contribution in [-0.4, -0.2) is 15.8 Å². The summed E-state index contributed by atoms with van der Waals surface area (Å²) in [5, 5.41) is 7.68. The van der Waals surface area contributed by atoms with Crippen LogP contribution in [0.3, 0.4) is 0 Å². The first-order valence-corrected chi connectivity index (χ1v) is 8.03. The Morgan fingerprint density at radius 3 is 2.86 bits per heavy atom. The van der Waals surface area contributed by atoms with E-state index in [1.165, 1.54) is 0 Å². The van der Waals surface area contributed by atoms with Crippen molar-refractivity contribution in [2.75, 3.05) is 0 Å². The van der Waals surface area contributed by atoms with Crippen LogP contribution in [0.15, 0.2) is 35.1 Å².